The Hall–Kier alpha value is -12.7. The van der Waals surface area contributed by atoms with Crippen molar-refractivity contribution in [2.45, 2.75) is 75.9 Å². The molecule has 11 aromatic carbocycles. The van der Waals surface area contributed by atoms with E-state index in [1.54, 1.807) is 166 Å². The molecular formula is C91H72BrCl5FN13O17S4. The van der Waals surface area contributed by atoms with Gasteiger partial charge in [-0.3, -0.25) is 19.2 Å². The number of nitrogens with two attached hydrogens (primary N) is 4. The van der Waals surface area contributed by atoms with E-state index >= 15 is 0 Å². The van der Waals surface area contributed by atoms with Gasteiger partial charge in [0.1, 0.15) is 75.6 Å². The molecule has 4 saturated heterocycles. The number of carbonyl (C=O) groups excluding carboxylic acids is 4. The van der Waals surface area contributed by atoms with Crippen molar-refractivity contribution in [3.05, 3.63) is 311 Å². The van der Waals surface area contributed by atoms with Crippen molar-refractivity contribution in [2.24, 2.45) is 20.6 Å². The Bertz CT molecular complexity index is 6960. The fourth-order valence-electron chi connectivity index (χ4n) is 14.9. The second kappa shape index (κ2) is 41.0. The fourth-order valence-corrected chi connectivity index (χ4v) is 18.0. The van der Waals surface area contributed by atoms with Gasteiger partial charge in [0.15, 0.2) is 0 Å². The van der Waals surface area contributed by atoms with Crippen LogP contribution in [0.15, 0.2) is 255 Å². The molecule has 0 unspecified atom stereocenters. The van der Waals surface area contributed by atoms with E-state index in [9.17, 15) is 73.0 Å². The quantitative estimate of drug-likeness (QED) is 0.0485. The molecule has 0 spiro atoms. The van der Waals surface area contributed by atoms with Crippen LogP contribution >= 0.6 is 73.9 Å². The highest BCUT2D eigenvalue weighted by atomic mass is 79.9. The van der Waals surface area contributed by atoms with Crippen molar-refractivity contribution in [2.75, 3.05) is 52.9 Å². The Labute approximate surface area is 791 Å². The second-order valence-electron chi connectivity index (χ2n) is 30.0. The van der Waals surface area contributed by atoms with Gasteiger partial charge in [-0.1, -0.05) is 92.7 Å². The number of carbonyl (C=O) groups is 4. The van der Waals surface area contributed by atoms with Gasteiger partial charge in [-0.05, 0) is 207 Å². The van der Waals surface area contributed by atoms with Crippen LogP contribution in [0.3, 0.4) is 0 Å². The molecule has 132 heavy (non-hydrogen) atoms. The molecule has 0 aliphatic carbocycles. The molecule has 4 amide bonds. The molecule has 0 saturated carbocycles. The van der Waals surface area contributed by atoms with Crippen molar-refractivity contribution in [1.82, 2.24) is 9.97 Å². The zero-order valence-corrected chi connectivity index (χ0v) is 77.6. The molecule has 1 aromatic heterocycles. The van der Waals surface area contributed by atoms with E-state index in [1.165, 1.54) is 79.9 Å². The van der Waals surface area contributed by atoms with Gasteiger partial charge in [-0.15, -0.1) is 0 Å². The first-order valence-electron chi connectivity index (χ1n) is 39.2. The lowest BCUT2D eigenvalue weighted by molar-refractivity contribution is -0.118. The largest absolute Gasteiger partial charge is 0.495 e. The molecule has 0 bridgehead atoms. The summed E-state index contributed by atoms with van der Waals surface area (Å²) in [4.78, 5) is 65.4. The summed E-state index contributed by atoms with van der Waals surface area (Å²) < 4.78 is 136. The Morgan fingerprint density at radius 2 is 0.705 bits per heavy atom. The molecule has 5 heterocycles. The molecule has 0 radical (unpaired) electrons. The SMILES string of the molecule is COc1cccc(Oc2cc(Cl)ccc2[C@H]2CC(=O)N(c3ccc(S(N)(=O)=O)cc3)C2)c1C#N.Cc1cnc(Cl)nc1Oc1cc(Cl)ccc1[C@H]1CC(=O)N(c2ccc(S(N)(=O)=O)cc2)C1.N#Cc1ccc(Br)cc1Oc1cc(Cl)ccc1[C@H]1CC(=O)N(c2ccc(S(N)(=O)=O)cc2)C1.N#Cc1ccc(F)cc1Oc1cc(Cl)ccc1[C@H]1CC(=O)N(c2ccc(S(N)(=O)=O)cc2)C1. The third kappa shape index (κ3) is 23.4. The molecule has 4 aliphatic heterocycles. The summed E-state index contributed by atoms with van der Waals surface area (Å²) in [7, 11) is -13.8. The van der Waals surface area contributed by atoms with Crippen LogP contribution in [-0.2, 0) is 59.3 Å². The summed E-state index contributed by atoms with van der Waals surface area (Å²) >= 11 is 34.0. The normalized spacial score (nSPS) is 16.0. The van der Waals surface area contributed by atoms with Crippen molar-refractivity contribution >= 4 is 160 Å². The highest BCUT2D eigenvalue weighted by Gasteiger charge is 2.39. The van der Waals surface area contributed by atoms with Gasteiger partial charge in [-0.25, -0.2) is 63.6 Å². The van der Waals surface area contributed by atoms with E-state index in [4.69, 9.17) is 102 Å². The number of hydrogen-bond acceptors (Lipinski definition) is 22. The van der Waals surface area contributed by atoms with E-state index in [0.717, 1.165) is 27.2 Å². The number of methoxy groups -OCH3 is 1. The fraction of sp³-hybridized carbons (Fsp3) is 0.154. The molecule has 30 nitrogen and oxygen atoms in total. The van der Waals surface area contributed by atoms with Crippen LogP contribution in [0.4, 0.5) is 27.1 Å². The molecule has 4 aliphatic rings. The molecule has 8 N–H and O–H groups in total. The smallest absolute Gasteiger partial charge is 0.238 e. The number of rotatable bonds is 21. The summed E-state index contributed by atoms with van der Waals surface area (Å²) in [5.41, 5.74) is 6.71. The Morgan fingerprint density at radius 1 is 0.394 bits per heavy atom. The second-order valence-corrected chi connectivity index (χ2v) is 39.2. The summed E-state index contributed by atoms with van der Waals surface area (Å²) in [5.74, 6) is 1.18. The van der Waals surface area contributed by atoms with Crippen LogP contribution in [0.25, 0.3) is 0 Å². The number of aromatic nitrogens is 2. The molecular weight excluding hydrogens is 1950 g/mol. The van der Waals surface area contributed by atoms with Crippen LogP contribution in [0, 0.1) is 46.7 Å². The zero-order valence-electron chi connectivity index (χ0n) is 69.0. The first kappa shape index (κ1) is 96.9. The number of nitriles is 3. The summed E-state index contributed by atoms with van der Waals surface area (Å²) in [6.45, 7) is 3.21. The Balaban J connectivity index is 0.000000150. The third-order valence-corrected chi connectivity index (χ3v) is 26.6. The van der Waals surface area contributed by atoms with Crippen molar-refractivity contribution < 1.29 is 80.9 Å². The van der Waals surface area contributed by atoms with Crippen LogP contribution in [0.2, 0.25) is 25.4 Å². The lowest BCUT2D eigenvalue weighted by Crippen LogP contribution is -2.24. The maximum atomic E-state index is 13.7. The number of ether oxygens (including phenoxy) is 5. The van der Waals surface area contributed by atoms with Crippen LogP contribution in [0.1, 0.15) is 93.9 Å². The van der Waals surface area contributed by atoms with Crippen molar-refractivity contribution in [1.29, 1.82) is 15.8 Å². The van der Waals surface area contributed by atoms with Gasteiger partial charge in [0, 0.05) is 163 Å². The molecule has 4 atom stereocenters. The Morgan fingerprint density at radius 3 is 1.02 bits per heavy atom. The molecule has 4 fully saturated rings. The highest BCUT2D eigenvalue weighted by Crippen LogP contribution is 2.47. The molecule has 12 aromatic rings. The van der Waals surface area contributed by atoms with Crippen LogP contribution in [0.5, 0.6) is 51.9 Å². The van der Waals surface area contributed by atoms with E-state index in [-0.39, 0.29) is 115 Å². The maximum Gasteiger partial charge on any atom is 0.238 e. The van der Waals surface area contributed by atoms with E-state index in [2.05, 4.69) is 38.0 Å². The lowest BCUT2D eigenvalue weighted by atomic mass is 9.97. The van der Waals surface area contributed by atoms with Crippen LogP contribution in [-0.4, -0.2) is 101 Å². The first-order valence-corrected chi connectivity index (χ1v) is 48.1. The summed E-state index contributed by atoms with van der Waals surface area (Å²) in [5, 5.41) is 50.7. The summed E-state index contributed by atoms with van der Waals surface area (Å²) in [6, 6.07) is 63.7. The average molecular weight is 2020 g/mol. The number of nitrogens with zero attached hydrogens (tertiary/aromatic N) is 9. The molecule has 41 heteroatoms. The van der Waals surface area contributed by atoms with Crippen molar-refractivity contribution in [3.63, 3.8) is 0 Å². The standard InChI is InChI=1S/C24H20ClN3O5S.C23H17BrClN3O4S.C23H17ClFN3O4S.C21H18Cl2N4O4S/c1-32-21-3-2-4-22(20(21)13-26)33-23-12-16(25)5-10-19(23)15-11-24(29)28(14-15)17-6-8-18(9-7-17)34(27,30)31;24-16-2-1-14(12-26)21(10-16)32-22-11-17(25)3-8-20(22)15-9-23(29)28(13-15)18-4-6-19(7-5-18)33(27,30)31;24-16-2-8-20(22(10-16)32-21-11-17(25)3-1-14(21)12-26)15-9-23(29)28(13-15)18-4-6-19(7-5-18)33(27,30)31;1-12-10-25-21(23)26-20(12)31-18-9-14(22)2-7-17(18)13-8-19(28)27(11-13)15-3-5-16(6-4-15)32(24,29)30/h2-10,12,15H,11,14H2,1H3,(H2,27,30,31);2*1-8,10-11,15H,9,13H2,(H2,27,30,31);2-7,9-10,13H,8,11H2,1H3,(H2,24,29,30)/t3*15-;13-/m0000/s1. The average Bonchev–Trinajstić information content (AvgIpc) is 1.63. The lowest BCUT2D eigenvalue weighted by Gasteiger charge is -2.19. The predicted molar refractivity (Wildman–Crippen MR) is 496 cm³/mol. The number of anilines is 4. The minimum Gasteiger partial charge on any atom is -0.495 e. The highest BCUT2D eigenvalue weighted by molar-refractivity contribution is 9.10. The number of sulfonamides is 4. The van der Waals surface area contributed by atoms with Crippen LogP contribution < -0.4 is 63.8 Å². The van der Waals surface area contributed by atoms with E-state index in [0.29, 0.717) is 132 Å². The number of aryl methyl sites for hydroxylation is 1. The van der Waals surface area contributed by atoms with Gasteiger partial charge >= 0.3 is 0 Å². The van der Waals surface area contributed by atoms with E-state index < -0.39 is 45.9 Å². The minimum atomic E-state index is -3.84. The van der Waals surface area contributed by atoms with Gasteiger partial charge < -0.3 is 43.3 Å². The number of amides is 4. The topological polar surface area (TPSA) is 465 Å². The molecule has 676 valence electrons. The third-order valence-electron chi connectivity index (χ3n) is 21.3. The summed E-state index contributed by atoms with van der Waals surface area (Å²) in [6.07, 6.45) is 2.43. The van der Waals surface area contributed by atoms with Gasteiger partial charge in [0.25, 0.3) is 0 Å². The number of hydrogen-bond donors (Lipinski definition) is 4. The number of halogens is 7. The van der Waals surface area contributed by atoms with Gasteiger partial charge in [0.05, 0.1) is 37.8 Å². The zero-order chi connectivity index (χ0) is 95.0. The number of primary sulfonamides is 4. The van der Waals surface area contributed by atoms with Gasteiger partial charge in [-0.2, -0.15) is 20.8 Å². The minimum absolute atomic E-state index is 0.0169. The maximum absolute atomic E-state index is 13.7. The first-order chi connectivity index (χ1) is 62.6. The predicted octanol–water partition coefficient (Wildman–Crippen LogP) is 17.5. The van der Waals surface area contributed by atoms with Crippen molar-refractivity contribution in [3.8, 4) is 70.1 Å². The van der Waals surface area contributed by atoms with Gasteiger partial charge in [0.2, 0.25) is 74.9 Å². The molecule has 16 rings (SSSR count). The number of benzene rings is 11. The Kier molecular flexibility index (Phi) is 30.1. The van der Waals surface area contributed by atoms with E-state index in [1.807, 2.05) is 18.2 Å². The monoisotopic (exact) mass is 2020 g/mol.